The lowest BCUT2D eigenvalue weighted by atomic mass is 9.94. The molecule has 1 heterocycles. The Morgan fingerprint density at radius 1 is 1.00 bits per heavy atom. The molecule has 4 rings (SSSR count). The van der Waals surface area contributed by atoms with Crippen molar-refractivity contribution in [3.05, 3.63) is 84.2 Å². The van der Waals surface area contributed by atoms with Crippen LogP contribution in [0.5, 0.6) is 5.75 Å². The molecule has 31 heavy (non-hydrogen) atoms. The maximum Gasteiger partial charge on any atom is 0.119 e. The van der Waals surface area contributed by atoms with Gasteiger partial charge in [-0.3, -0.25) is 4.68 Å². The van der Waals surface area contributed by atoms with E-state index in [1.54, 1.807) is 11.8 Å². The normalized spacial score (nSPS) is 13.3. The fourth-order valence-corrected chi connectivity index (χ4v) is 4.03. The van der Waals surface area contributed by atoms with Gasteiger partial charge in [-0.25, -0.2) is 0 Å². The predicted molar refractivity (Wildman–Crippen MR) is 125 cm³/mol. The molecule has 0 spiro atoms. The van der Waals surface area contributed by atoms with Gasteiger partial charge in [-0.15, -0.1) is 0 Å². The maximum absolute atomic E-state index is 9.22. The number of rotatable bonds is 8. The summed E-state index contributed by atoms with van der Waals surface area (Å²) in [6.45, 7) is 4.94. The molecule has 0 amide bonds. The summed E-state index contributed by atoms with van der Waals surface area (Å²) in [5, 5.41) is 19.7. The van der Waals surface area contributed by atoms with E-state index in [0.29, 0.717) is 6.54 Å². The van der Waals surface area contributed by atoms with E-state index in [-0.39, 0.29) is 18.7 Å². The molecule has 0 saturated carbocycles. The number of fused-ring (bicyclic) bond motifs is 1. The van der Waals surface area contributed by atoms with Crippen molar-refractivity contribution in [3.63, 3.8) is 0 Å². The Morgan fingerprint density at radius 3 is 2.61 bits per heavy atom. The molecule has 5 heteroatoms. The lowest BCUT2D eigenvalue weighted by Gasteiger charge is -2.22. The molecular weight excluding hydrogens is 386 g/mol. The minimum absolute atomic E-state index is 0.0744. The molecule has 3 aromatic carbocycles. The molecular formula is C26H29N3O2. The van der Waals surface area contributed by atoms with Crippen LogP contribution in [-0.4, -0.2) is 28.6 Å². The highest BCUT2D eigenvalue weighted by molar-refractivity contribution is 5.97. The quantitative estimate of drug-likeness (QED) is 0.420. The summed E-state index contributed by atoms with van der Waals surface area (Å²) < 4.78 is 7.16. The SMILES string of the molecule is COc1cccc([C@@H](C)NC(C)c2cc(-c3cnn(CCO)c3)c3ccccc3c2)c1. The molecule has 0 fully saturated rings. The van der Waals surface area contributed by atoms with E-state index in [0.717, 1.165) is 16.9 Å². The number of hydrogen-bond acceptors (Lipinski definition) is 4. The van der Waals surface area contributed by atoms with Gasteiger partial charge in [-0.1, -0.05) is 36.4 Å². The van der Waals surface area contributed by atoms with Crippen LogP contribution >= 0.6 is 0 Å². The van der Waals surface area contributed by atoms with Crippen LogP contribution in [0.2, 0.25) is 0 Å². The summed E-state index contributed by atoms with van der Waals surface area (Å²) in [5.41, 5.74) is 4.62. The van der Waals surface area contributed by atoms with E-state index in [1.807, 2.05) is 24.5 Å². The Kier molecular flexibility index (Phi) is 6.35. The van der Waals surface area contributed by atoms with E-state index >= 15 is 0 Å². The monoisotopic (exact) mass is 415 g/mol. The molecule has 0 aliphatic rings. The smallest absolute Gasteiger partial charge is 0.119 e. The van der Waals surface area contributed by atoms with E-state index in [1.165, 1.54) is 21.9 Å². The molecule has 1 aromatic heterocycles. The zero-order valence-corrected chi connectivity index (χ0v) is 18.2. The van der Waals surface area contributed by atoms with Crippen LogP contribution in [-0.2, 0) is 6.54 Å². The van der Waals surface area contributed by atoms with Gasteiger partial charge >= 0.3 is 0 Å². The summed E-state index contributed by atoms with van der Waals surface area (Å²) >= 11 is 0. The Hall–Kier alpha value is -3.15. The van der Waals surface area contributed by atoms with Gasteiger partial charge in [0.05, 0.1) is 26.5 Å². The zero-order chi connectivity index (χ0) is 21.8. The highest BCUT2D eigenvalue weighted by atomic mass is 16.5. The third kappa shape index (κ3) is 4.63. The number of ether oxygens (including phenoxy) is 1. The highest BCUT2D eigenvalue weighted by Gasteiger charge is 2.15. The number of nitrogens with one attached hydrogen (secondary N) is 1. The molecule has 2 atom stereocenters. The molecule has 0 radical (unpaired) electrons. The standard InChI is InChI=1S/C26H29N3O2/c1-18(20-8-6-9-24(14-20)31-3)28-19(2)22-13-21-7-4-5-10-25(21)26(15-22)23-16-27-29(17-23)11-12-30/h4-10,13-19,28,30H,11-12H2,1-3H3/t18-,19?/m1/s1. The summed E-state index contributed by atoms with van der Waals surface area (Å²) in [7, 11) is 1.69. The van der Waals surface area contributed by atoms with Crippen LogP contribution in [0.3, 0.4) is 0 Å². The molecule has 0 aliphatic carbocycles. The molecule has 160 valence electrons. The Balaban J connectivity index is 1.66. The van der Waals surface area contributed by atoms with Crippen LogP contribution in [0.25, 0.3) is 21.9 Å². The molecule has 0 bridgehead atoms. The fourth-order valence-electron chi connectivity index (χ4n) is 4.03. The van der Waals surface area contributed by atoms with Crippen LogP contribution in [0.15, 0.2) is 73.1 Å². The number of aliphatic hydroxyl groups excluding tert-OH is 1. The van der Waals surface area contributed by atoms with Crippen molar-refractivity contribution >= 4 is 10.8 Å². The van der Waals surface area contributed by atoms with Gasteiger partial charge < -0.3 is 15.2 Å². The number of aliphatic hydroxyl groups is 1. The van der Waals surface area contributed by atoms with E-state index in [2.05, 4.69) is 72.8 Å². The second kappa shape index (κ2) is 9.33. The minimum atomic E-state index is 0.0744. The first-order chi connectivity index (χ1) is 15.1. The van der Waals surface area contributed by atoms with Gasteiger partial charge in [0.25, 0.3) is 0 Å². The lowest BCUT2D eigenvalue weighted by molar-refractivity contribution is 0.269. The molecule has 5 nitrogen and oxygen atoms in total. The number of hydrogen-bond donors (Lipinski definition) is 2. The Labute approximate surface area is 183 Å². The first kappa shape index (κ1) is 21.1. The van der Waals surface area contributed by atoms with Gasteiger partial charge in [-0.05, 0) is 65.6 Å². The van der Waals surface area contributed by atoms with Gasteiger partial charge in [-0.2, -0.15) is 5.10 Å². The summed E-state index contributed by atoms with van der Waals surface area (Å²) in [4.78, 5) is 0. The van der Waals surface area contributed by atoms with Crippen molar-refractivity contribution in [2.45, 2.75) is 32.5 Å². The topological polar surface area (TPSA) is 59.3 Å². The van der Waals surface area contributed by atoms with Crippen LogP contribution in [0, 0.1) is 0 Å². The van der Waals surface area contributed by atoms with Gasteiger partial charge in [0.1, 0.15) is 5.75 Å². The summed E-state index contributed by atoms with van der Waals surface area (Å²) in [6, 6.07) is 21.4. The first-order valence-corrected chi connectivity index (χ1v) is 10.7. The Bertz CT molecular complexity index is 1170. The Morgan fingerprint density at radius 2 is 1.81 bits per heavy atom. The molecule has 0 aliphatic heterocycles. The zero-order valence-electron chi connectivity index (χ0n) is 18.2. The van der Waals surface area contributed by atoms with Crippen molar-refractivity contribution in [2.24, 2.45) is 0 Å². The maximum atomic E-state index is 9.22. The summed E-state index contributed by atoms with van der Waals surface area (Å²) in [6.07, 6.45) is 3.87. The third-order valence-corrected chi connectivity index (χ3v) is 5.75. The van der Waals surface area contributed by atoms with Crippen LogP contribution in [0.4, 0.5) is 0 Å². The molecule has 2 N–H and O–H groups in total. The molecule has 1 unspecified atom stereocenters. The van der Waals surface area contributed by atoms with Gasteiger partial charge in [0.2, 0.25) is 0 Å². The minimum Gasteiger partial charge on any atom is -0.497 e. The molecule has 4 aromatic rings. The van der Waals surface area contributed by atoms with E-state index in [9.17, 15) is 5.11 Å². The van der Waals surface area contributed by atoms with Crippen molar-refractivity contribution < 1.29 is 9.84 Å². The lowest BCUT2D eigenvalue weighted by Crippen LogP contribution is -2.22. The van der Waals surface area contributed by atoms with Gasteiger partial charge in [0.15, 0.2) is 0 Å². The van der Waals surface area contributed by atoms with Crippen molar-refractivity contribution in [3.8, 4) is 16.9 Å². The summed E-state index contributed by atoms with van der Waals surface area (Å²) in [5.74, 6) is 0.867. The average Bonchev–Trinajstić information content (AvgIpc) is 3.27. The number of nitrogens with zero attached hydrogens (tertiary/aromatic N) is 2. The fraction of sp³-hybridized carbons (Fsp3) is 0.269. The second-order valence-corrected chi connectivity index (χ2v) is 7.89. The predicted octanol–water partition coefficient (Wildman–Crippen LogP) is 5.12. The van der Waals surface area contributed by atoms with Crippen molar-refractivity contribution in [2.75, 3.05) is 13.7 Å². The van der Waals surface area contributed by atoms with Crippen molar-refractivity contribution in [1.29, 1.82) is 0 Å². The number of aromatic nitrogens is 2. The third-order valence-electron chi connectivity index (χ3n) is 5.75. The van der Waals surface area contributed by atoms with Crippen LogP contribution < -0.4 is 10.1 Å². The average molecular weight is 416 g/mol. The number of benzene rings is 3. The number of methoxy groups -OCH3 is 1. The van der Waals surface area contributed by atoms with E-state index < -0.39 is 0 Å². The first-order valence-electron chi connectivity index (χ1n) is 10.7. The van der Waals surface area contributed by atoms with Gasteiger partial charge in [0, 0.05) is 23.8 Å². The van der Waals surface area contributed by atoms with Crippen LogP contribution in [0.1, 0.15) is 37.1 Å². The second-order valence-electron chi connectivity index (χ2n) is 7.89. The van der Waals surface area contributed by atoms with E-state index in [4.69, 9.17) is 4.74 Å². The largest absolute Gasteiger partial charge is 0.497 e. The van der Waals surface area contributed by atoms with Crippen molar-refractivity contribution in [1.82, 2.24) is 15.1 Å². The highest BCUT2D eigenvalue weighted by Crippen LogP contribution is 2.33. The molecule has 0 saturated heterocycles.